The lowest BCUT2D eigenvalue weighted by molar-refractivity contribution is 0.100. The summed E-state index contributed by atoms with van der Waals surface area (Å²) in [6.45, 7) is 5.83. The number of anilines is 3. The molecule has 0 spiro atoms. The predicted octanol–water partition coefficient (Wildman–Crippen LogP) is 3.42. The minimum atomic E-state index is -0.557. The fourth-order valence-corrected chi connectivity index (χ4v) is 4.50. The monoisotopic (exact) mass is 423 g/mol. The highest BCUT2D eigenvalue weighted by atomic mass is 16.1. The van der Waals surface area contributed by atoms with Crippen LogP contribution in [-0.2, 0) is 0 Å². The standard InChI is InChI=1S/C23H33N7O/c1-14(2)19-10-17(11-20(28-19)15-6-3-4-7-15)27-22-18(21(25)31)12-26-23(29-22)30-9-5-8-16(24)13-30/h10-12,14-16H,3-9,13,24H2,1-2H3,(H2,25,31)(H,26,27,28,29)/t16-/m0/s1. The van der Waals surface area contributed by atoms with Crippen LogP contribution < -0.4 is 21.7 Å². The Morgan fingerprint density at radius 3 is 2.61 bits per heavy atom. The number of aromatic nitrogens is 3. The number of rotatable bonds is 6. The van der Waals surface area contributed by atoms with E-state index >= 15 is 0 Å². The second-order valence-corrected chi connectivity index (χ2v) is 9.11. The normalized spacial score (nSPS) is 19.7. The first-order valence-corrected chi connectivity index (χ1v) is 11.4. The number of pyridine rings is 1. The summed E-state index contributed by atoms with van der Waals surface area (Å²) >= 11 is 0. The highest BCUT2D eigenvalue weighted by Crippen LogP contribution is 2.35. The van der Waals surface area contributed by atoms with E-state index in [2.05, 4.69) is 40.1 Å². The first-order chi connectivity index (χ1) is 14.9. The van der Waals surface area contributed by atoms with E-state index in [-0.39, 0.29) is 11.6 Å². The van der Waals surface area contributed by atoms with Gasteiger partial charge >= 0.3 is 0 Å². The number of hydrogen-bond acceptors (Lipinski definition) is 7. The summed E-state index contributed by atoms with van der Waals surface area (Å²) < 4.78 is 0. The fourth-order valence-electron chi connectivity index (χ4n) is 4.50. The molecule has 0 aromatic carbocycles. The van der Waals surface area contributed by atoms with Crippen molar-refractivity contribution in [2.45, 2.75) is 70.3 Å². The van der Waals surface area contributed by atoms with Crippen molar-refractivity contribution in [1.82, 2.24) is 15.0 Å². The molecule has 2 aliphatic rings. The van der Waals surface area contributed by atoms with Gasteiger partial charge in [0.15, 0.2) is 0 Å². The number of nitrogens with zero attached hydrogens (tertiary/aromatic N) is 4. The molecule has 2 aromatic rings. The van der Waals surface area contributed by atoms with Gasteiger partial charge in [0.1, 0.15) is 11.4 Å². The number of nitrogens with two attached hydrogens (primary N) is 2. The second kappa shape index (κ2) is 9.18. The van der Waals surface area contributed by atoms with E-state index in [1.807, 2.05) is 6.07 Å². The molecule has 1 saturated carbocycles. The summed E-state index contributed by atoms with van der Waals surface area (Å²) in [6.07, 6.45) is 8.36. The Bertz CT molecular complexity index is 940. The van der Waals surface area contributed by atoms with Crippen LogP contribution in [0, 0.1) is 0 Å². The van der Waals surface area contributed by atoms with Gasteiger partial charge in [-0.2, -0.15) is 4.98 Å². The second-order valence-electron chi connectivity index (χ2n) is 9.11. The SMILES string of the molecule is CC(C)c1cc(Nc2nc(N3CCC[C@H](N)C3)ncc2C(N)=O)cc(C2CCCC2)n1. The molecule has 1 aliphatic carbocycles. The van der Waals surface area contributed by atoms with Gasteiger partial charge in [-0.05, 0) is 43.7 Å². The number of primary amides is 1. The summed E-state index contributed by atoms with van der Waals surface area (Å²) in [4.78, 5) is 28.1. The Labute approximate surface area is 183 Å². The highest BCUT2D eigenvalue weighted by Gasteiger charge is 2.23. The van der Waals surface area contributed by atoms with E-state index in [0.717, 1.165) is 36.5 Å². The summed E-state index contributed by atoms with van der Waals surface area (Å²) in [5.74, 6) is 1.23. The predicted molar refractivity (Wildman–Crippen MR) is 123 cm³/mol. The smallest absolute Gasteiger partial charge is 0.254 e. The maximum Gasteiger partial charge on any atom is 0.254 e. The minimum Gasteiger partial charge on any atom is -0.365 e. The van der Waals surface area contributed by atoms with Crippen molar-refractivity contribution in [2.75, 3.05) is 23.3 Å². The molecule has 4 rings (SSSR count). The lowest BCUT2D eigenvalue weighted by atomic mass is 10.0. The zero-order valence-electron chi connectivity index (χ0n) is 18.5. The van der Waals surface area contributed by atoms with Crippen molar-refractivity contribution >= 4 is 23.4 Å². The molecule has 166 valence electrons. The van der Waals surface area contributed by atoms with Gasteiger partial charge in [0, 0.05) is 48.3 Å². The summed E-state index contributed by atoms with van der Waals surface area (Å²) in [5, 5.41) is 3.35. The van der Waals surface area contributed by atoms with E-state index < -0.39 is 5.91 Å². The molecule has 0 radical (unpaired) electrons. The third-order valence-corrected chi connectivity index (χ3v) is 6.27. The molecule has 2 fully saturated rings. The van der Waals surface area contributed by atoms with E-state index in [1.54, 1.807) is 0 Å². The fraction of sp³-hybridized carbons (Fsp3) is 0.565. The molecule has 5 N–H and O–H groups in total. The highest BCUT2D eigenvalue weighted by molar-refractivity contribution is 5.98. The van der Waals surface area contributed by atoms with Crippen LogP contribution in [0.25, 0.3) is 0 Å². The Balaban J connectivity index is 1.68. The molecule has 3 heterocycles. The average molecular weight is 424 g/mol. The molecule has 0 unspecified atom stereocenters. The molecule has 1 amide bonds. The van der Waals surface area contributed by atoms with Gasteiger partial charge < -0.3 is 21.7 Å². The Morgan fingerprint density at radius 1 is 1.16 bits per heavy atom. The maximum atomic E-state index is 12.1. The van der Waals surface area contributed by atoms with Gasteiger partial charge in [-0.3, -0.25) is 9.78 Å². The molecule has 31 heavy (non-hydrogen) atoms. The number of hydrogen-bond donors (Lipinski definition) is 3. The van der Waals surface area contributed by atoms with E-state index in [1.165, 1.54) is 31.9 Å². The topological polar surface area (TPSA) is 123 Å². The molecule has 8 heteroatoms. The minimum absolute atomic E-state index is 0.104. The molecule has 8 nitrogen and oxygen atoms in total. The largest absolute Gasteiger partial charge is 0.365 e. The van der Waals surface area contributed by atoms with Gasteiger partial charge in [0.2, 0.25) is 5.95 Å². The number of piperidine rings is 1. The number of carbonyl (C=O) groups is 1. The number of amides is 1. The van der Waals surface area contributed by atoms with Crippen LogP contribution >= 0.6 is 0 Å². The van der Waals surface area contributed by atoms with Crippen LogP contribution in [0.2, 0.25) is 0 Å². The third kappa shape index (κ3) is 4.95. The van der Waals surface area contributed by atoms with Crippen LogP contribution in [-0.4, -0.2) is 40.0 Å². The number of nitrogens with one attached hydrogen (secondary N) is 1. The van der Waals surface area contributed by atoms with Crippen molar-refractivity contribution in [3.05, 3.63) is 35.3 Å². The quantitative estimate of drug-likeness (QED) is 0.650. The zero-order chi connectivity index (χ0) is 22.0. The third-order valence-electron chi connectivity index (χ3n) is 6.27. The summed E-state index contributed by atoms with van der Waals surface area (Å²) in [6, 6.07) is 4.23. The average Bonchev–Trinajstić information content (AvgIpc) is 3.28. The number of carbonyl (C=O) groups excluding carboxylic acids is 1. The van der Waals surface area contributed by atoms with E-state index in [9.17, 15) is 4.79 Å². The van der Waals surface area contributed by atoms with Crippen molar-refractivity contribution < 1.29 is 4.79 Å². The first-order valence-electron chi connectivity index (χ1n) is 11.4. The first kappa shape index (κ1) is 21.5. The Kier molecular flexibility index (Phi) is 6.36. The molecule has 1 atom stereocenters. The van der Waals surface area contributed by atoms with Crippen LogP contribution in [0.3, 0.4) is 0 Å². The van der Waals surface area contributed by atoms with Crippen molar-refractivity contribution in [3.8, 4) is 0 Å². The Morgan fingerprint density at radius 2 is 1.94 bits per heavy atom. The van der Waals surface area contributed by atoms with E-state index in [4.69, 9.17) is 16.5 Å². The summed E-state index contributed by atoms with van der Waals surface area (Å²) in [5.41, 5.74) is 15.0. The lowest BCUT2D eigenvalue weighted by Crippen LogP contribution is -2.43. The van der Waals surface area contributed by atoms with Gasteiger partial charge in [-0.15, -0.1) is 0 Å². The molecule has 1 saturated heterocycles. The van der Waals surface area contributed by atoms with Crippen molar-refractivity contribution in [2.24, 2.45) is 11.5 Å². The van der Waals surface area contributed by atoms with Gasteiger partial charge in [0.25, 0.3) is 5.91 Å². The molecule has 2 aromatic heterocycles. The zero-order valence-corrected chi connectivity index (χ0v) is 18.5. The molecular formula is C23H33N7O. The maximum absolute atomic E-state index is 12.1. The van der Waals surface area contributed by atoms with Gasteiger partial charge in [-0.1, -0.05) is 26.7 Å². The van der Waals surface area contributed by atoms with Crippen molar-refractivity contribution in [3.63, 3.8) is 0 Å². The van der Waals surface area contributed by atoms with Crippen molar-refractivity contribution in [1.29, 1.82) is 0 Å². The van der Waals surface area contributed by atoms with Crippen LogP contribution in [0.5, 0.6) is 0 Å². The van der Waals surface area contributed by atoms with Crippen LogP contribution in [0.4, 0.5) is 17.5 Å². The lowest BCUT2D eigenvalue weighted by Gasteiger charge is -2.31. The van der Waals surface area contributed by atoms with Crippen LogP contribution in [0.15, 0.2) is 18.3 Å². The van der Waals surface area contributed by atoms with E-state index in [0.29, 0.717) is 30.1 Å². The molecule has 0 bridgehead atoms. The summed E-state index contributed by atoms with van der Waals surface area (Å²) in [7, 11) is 0. The Hall–Kier alpha value is -2.74. The molecular weight excluding hydrogens is 390 g/mol. The van der Waals surface area contributed by atoms with Gasteiger partial charge in [-0.25, -0.2) is 4.98 Å². The van der Waals surface area contributed by atoms with Crippen LogP contribution in [0.1, 0.15) is 86.0 Å². The molecule has 1 aliphatic heterocycles. The van der Waals surface area contributed by atoms with Gasteiger partial charge in [0.05, 0.1) is 0 Å².